The monoisotopic (exact) mass is 461 g/mol. The lowest BCUT2D eigenvalue weighted by Gasteiger charge is -2.26. The molecule has 1 aliphatic heterocycles. The third-order valence-corrected chi connectivity index (χ3v) is 5.80. The van der Waals surface area contributed by atoms with Gasteiger partial charge in [-0.1, -0.05) is 5.21 Å². The van der Waals surface area contributed by atoms with Crippen LogP contribution in [0.15, 0.2) is 46.4 Å². The molecule has 1 saturated heterocycles. The van der Waals surface area contributed by atoms with Crippen LogP contribution in [0.4, 0.5) is 5.69 Å². The minimum Gasteiger partial charge on any atom is -0.370 e. The molecule has 144 valence electrons. The zero-order chi connectivity index (χ0) is 19.5. The van der Waals surface area contributed by atoms with Gasteiger partial charge in [-0.25, -0.2) is 4.68 Å². The number of hydrogen-bond acceptors (Lipinski definition) is 6. The second-order valence-corrected chi connectivity index (χ2v) is 8.52. The van der Waals surface area contributed by atoms with Crippen molar-refractivity contribution in [1.29, 1.82) is 0 Å². The molecule has 10 heteroatoms. The van der Waals surface area contributed by atoms with Crippen LogP contribution >= 0.6 is 27.3 Å². The fourth-order valence-electron chi connectivity index (χ4n) is 2.78. The number of nitrogens with one attached hydrogen (secondary N) is 1. The fraction of sp³-hybridized carbons (Fsp3) is 0.222. The van der Waals surface area contributed by atoms with Crippen molar-refractivity contribution in [2.75, 3.05) is 24.7 Å². The first-order valence-corrected chi connectivity index (χ1v) is 10.1. The number of aromatic nitrogens is 3. The molecular weight excluding hydrogens is 446 g/mol. The maximum absolute atomic E-state index is 12.1. The van der Waals surface area contributed by atoms with E-state index >= 15 is 0 Å². The highest BCUT2D eigenvalue weighted by Crippen LogP contribution is 2.22. The molecule has 0 aliphatic carbocycles. The molecule has 3 heterocycles. The first kappa shape index (κ1) is 18.8. The van der Waals surface area contributed by atoms with E-state index in [0.717, 1.165) is 15.2 Å². The van der Waals surface area contributed by atoms with Crippen molar-refractivity contribution in [1.82, 2.24) is 20.3 Å². The van der Waals surface area contributed by atoms with E-state index in [9.17, 15) is 9.59 Å². The van der Waals surface area contributed by atoms with Gasteiger partial charge in [0.25, 0.3) is 11.8 Å². The molecule has 2 aromatic heterocycles. The van der Waals surface area contributed by atoms with Crippen LogP contribution in [0.5, 0.6) is 0 Å². The van der Waals surface area contributed by atoms with Gasteiger partial charge < -0.3 is 15.0 Å². The molecule has 1 aliphatic rings. The molecular formula is C18H16BrN5O3S. The Hall–Kier alpha value is -2.56. The summed E-state index contributed by atoms with van der Waals surface area (Å²) in [6.45, 7) is 1.48. The molecule has 0 unspecified atom stereocenters. The first-order valence-electron chi connectivity index (χ1n) is 8.53. The number of carbonyl (C=O) groups is 2. The number of benzene rings is 1. The Morgan fingerprint density at radius 3 is 2.71 bits per heavy atom. The third kappa shape index (κ3) is 4.13. The number of ether oxygens (including phenoxy) is 1. The van der Waals surface area contributed by atoms with Crippen LogP contribution < -0.4 is 10.2 Å². The van der Waals surface area contributed by atoms with Gasteiger partial charge in [0, 0.05) is 12.2 Å². The summed E-state index contributed by atoms with van der Waals surface area (Å²) in [7, 11) is 0. The van der Waals surface area contributed by atoms with Crippen molar-refractivity contribution in [2.24, 2.45) is 0 Å². The Labute approximate surface area is 173 Å². The largest absolute Gasteiger partial charge is 0.370 e. The maximum atomic E-state index is 12.1. The predicted octanol–water partition coefficient (Wildman–Crippen LogP) is 2.38. The summed E-state index contributed by atoms with van der Waals surface area (Å²) in [5, 5.41) is 11.0. The standard InChI is InChI=1S/C18H16BrN5O3S/c19-16-6-5-15(28-16)18(26)20-9-12-10-24(22-21-12)14-3-1-13(2-4-14)23-7-8-27-11-17(23)25/h1-6,10H,7-9,11H2,(H,20,26). The van der Waals surface area contributed by atoms with E-state index in [1.165, 1.54) is 11.3 Å². The SMILES string of the molecule is O=C(NCc1cn(-c2ccc(N3CCOCC3=O)cc2)nn1)c1ccc(Br)s1. The number of anilines is 1. The zero-order valence-corrected chi connectivity index (χ0v) is 17.1. The summed E-state index contributed by atoms with van der Waals surface area (Å²) in [5.74, 6) is -0.194. The topological polar surface area (TPSA) is 89.4 Å². The van der Waals surface area contributed by atoms with Crippen molar-refractivity contribution >= 4 is 44.8 Å². The van der Waals surface area contributed by atoms with Gasteiger partial charge in [0.05, 0.1) is 33.7 Å². The average Bonchev–Trinajstić information content (AvgIpc) is 3.36. The van der Waals surface area contributed by atoms with E-state index in [1.54, 1.807) is 21.8 Å². The smallest absolute Gasteiger partial charge is 0.261 e. The van der Waals surface area contributed by atoms with Crippen molar-refractivity contribution in [3.05, 3.63) is 57.0 Å². The Kier molecular flexibility index (Phi) is 5.51. The van der Waals surface area contributed by atoms with Crippen LogP contribution in [-0.4, -0.2) is 46.6 Å². The van der Waals surface area contributed by atoms with E-state index in [0.29, 0.717) is 23.7 Å². The minimum absolute atomic E-state index is 0.0458. The Bertz CT molecular complexity index is 1000. The number of hydrogen-bond donors (Lipinski definition) is 1. The summed E-state index contributed by atoms with van der Waals surface area (Å²) in [6, 6.07) is 11.1. The predicted molar refractivity (Wildman–Crippen MR) is 108 cm³/mol. The highest BCUT2D eigenvalue weighted by molar-refractivity contribution is 9.11. The van der Waals surface area contributed by atoms with Gasteiger partial charge in [0.2, 0.25) is 0 Å². The van der Waals surface area contributed by atoms with Crippen molar-refractivity contribution in [2.45, 2.75) is 6.54 Å². The number of amides is 2. The van der Waals surface area contributed by atoms with Gasteiger partial charge >= 0.3 is 0 Å². The molecule has 3 aromatic rings. The van der Waals surface area contributed by atoms with Crippen molar-refractivity contribution < 1.29 is 14.3 Å². The van der Waals surface area contributed by atoms with Crippen LogP contribution in [0, 0.1) is 0 Å². The molecule has 1 aromatic carbocycles. The molecule has 0 atom stereocenters. The normalized spacial score (nSPS) is 14.3. The van der Waals surface area contributed by atoms with E-state index in [-0.39, 0.29) is 25.0 Å². The third-order valence-electron chi connectivity index (χ3n) is 4.18. The number of morpholine rings is 1. The summed E-state index contributed by atoms with van der Waals surface area (Å²) >= 11 is 4.72. The Morgan fingerprint density at radius 1 is 1.21 bits per heavy atom. The second-order valence-electron chi connectivity index (χ2n) is 6.06. The lowest BCUT2D eigenvalue weighted by Crippen LogP contribution is -2.41. The van der Waals surface area contributed by atoms with E-state index in [4.69, 9.17) is 4.74 Å². The fourth-order valence-corrected chi connectivity index (χ4v) is 4.08. The number of carbonyl (C=O) groups excluding carboxylic acids is 2. The Balaban J connectivity index is 1.39. The lowest BCUT2D eigenvalue weighted by atomic mass is 10.2. The highest BCUT2D eigenvalue weighted by atomic mass is 79.9. The van der Waals surface area contributed by atoms with E-state index in [2.05, 4.69) is 31.6 Å². The molecule has 0 saturated carbocycles. The molecule has 0 radical (unpaired) electrons. The van der Waals surface area contributed by atoms with Crippen LogP contribution in [0.1, 0.15) is 15.4 Å². The second kappa shape index (κ2) is 8.21. The van der Waals surface area contributed by atoms with Crippen molar-refractivity contribution in [3.63, 3.8) is 0 Å². The quantitative estimate of drug-likeness (QED) is 0.629. The van der Waals surface area contributed by atoms with Crippen molar-refractivity contribution in [3.8, 4) is 5.69 Å². The van der Waals surface area contributed by atoms with E-state index < -0.39 is 0 Å². The molecule has 0 spiro atoms. The number of rotatable bonds is 5. The van der Waals surface area contributed by atoms with Gasteiger partial charge in [-0.2, -0.15) is 0 Å². The summed E-state index contributed by atoms with van der Waals surface area (Å²) in [5.41, 5.74) is 2.29. The van der Waals surface area contributed by atoms with Gasteiger partial charge in [-0.15, -0.1) is 16.4 Å². The van der Waals surface area contributed by atoms with Crippen LogP contribution in [0.2, 0.25) is 0 Å². The molecule has 4 rings (SSSR count). The van der Waals surface area contributed by atoms with Crippen LogP contribution in [0.3, 0.4) is 0 Å². The van der Waals surface area contributed by atoms with Gasteiger partial charge in [-0.3, -0.25) is 9.59 Å². The number of nitrogens with zero attached hydrogens (tertiary/aromatic N) is 4. The van der Waals surface area contributed by atoms with Gasteiger partial charge in [-0.05, 0) is 52.3 Å². The summed E-state index contributed by atoms with van der Waals surface area (Å²) < 4.78 is 7.69. The Morgan fingerprint density at radius 2 is 2.00 bits per heavy atom. The summed E-state index contributed by atoms with van der Waals surface area (Å²) in [6.07, 6.45) is 1.76. The first-order chi connectivity index (χ1) is 13.6. The molecule has 2 amide bonds. The van der Waals surface area contributed by atoms with E-state index in [1.807, 2.05) is 30.3 Å². The highest BCUT2D eigenvalue weighted by Gasteiger charge is 2.20. The zero-order valence-electron chi connectivity index (χ0n) is 14.7. The molecule has 0 bridgehead atoms. The molecule has 1 N–H and O–H groups in total. The van der Waals surface area contributed by atoms with Crippen LogP contribution in [0.25, 0.3) is 5.69 Å². The molecule has 8 nitrogen and oxygen atoms in total. The van der Waals surface area contributed by atoms with Gasteiger partial charge in [0.1, 0.15) is 12.3 Å². The van der Waals surface area contributed by atoms with Gasteiger partial charge in [0.15, 0.2) is 0 Å². The molecule has 28 heavy (non-hydrogen) atoms. The summed E-state index contributed by atoms with van der Waals surface area (Å²) in [4.78, 5) is 26.4. The number of halogens is 1. The molecule has 1 fully saturated rings. The van der Waals surface area contributed by atoms with Crippen LogP contribution in [-0.2, 0) is 16.1 Å². The number of thiophene rings is 1. The minimum atomic E-state index is -0.148. The lowest BCUT2D eigenvalue weighted by molar-refractivity contribution is -0.125. The maximum Gasteiger partial charge on any atom is 0.261 e. The average molecular weight is 462 g/mol.